The minimum atomic E-state index is 0.592. The lowest BCUT2D eigenvalue weighted by molar-refractivity contribution is 0.304. The number of para-hydroxylation sites is 1. The summed E-state index contributed by atoms with van der Waals surface area (Å²) in [6.45, 7) is 0.592. The predicted molar refractivity (Wildman–Crippen MR) is 95.4 cm³/mol. The molecular weight excluding hydrogens is 371 g/mol. The van der Waals surface area contributed by atoms with Gasteiger partial charge in [-0.25, -0.2) is 0 Å². The van der Waals surface area contributed by atoms with Crippen molar-refractivity contribution in [2.24, 2.45) is 0 Å². The molecule has 21 heavy (non-hydrogen) atoms. The Kier molecular flexibility index (Phi) is 4.55. The van der Waals surface area contributed by atoms with Crippen molar-refractivity contribution in [1.29, 1.82) is 0 Å². The van der Waals surface area contributed by atoms with E-state index in [-0.39, 0.29) is 0 Å². The summed E-state index contributed by atoms with van der Waals surface area (Å²) >= 11 is 2.29. The van der Waals surface area contributed by atoms with Gasteiger partial charge >= 0.3 is 0 Å². The molecule has 3 aromatic carbocycles. The first-order chi connectivity index (χ1) is 10.3. The second-order valence-corrected chi connectivity index (χ2v) is 5.94. The second kappa shape index (κ2) is 6.76. The maximum absolute atomic E-state index is 5.86. The average molecular weight is 386 g/mol. The second-order valence-electron chi connectivity index (χ2n) is 4.78. The predicted octanol–water partition coefficient (Wildman–Crippen LogP) is 5.54. The number of hydrogen-bond acceptors (Lipinski definition) is 1. The van der Waals surface area contributed by atoms with Crippen molar-refractivity contribution in [3.05, 3.63) is 88.0 Å². The number of hydrogen-bond donors (Lipinski definition) is 0. The van der Waals surface area contributed by atoms with Gasteiger partial charge in [0.1, 0.15) is 12.4 Å². The topological polar surface area (TPSA) is 9.23 Å². The lowest BCUT2D eigenvalue weighted by Crippen LogP contribution is -1.96. The highest BCUT2D eigenvalue weighted by atomic mass is 127. The molecule has 0 saturated carbocycles. The van der Waals surface area contributed by atoms with Crippen LogP contribution in [-0.4, -0.2) is 0 Å². The zero-order chi connectivity index (χ0) is 14.5. The Bertz CT molecular complexity index is 705. The van der Waals surface area contributed by atoms with Crippen LogP contribution < -0.4 is 4.74 Å². The summed E-state index contributed by atoms with van der Waals surface area (Å²) in [5.74, 6) is 0.935. The van der Waals surface area contributed by atoms with Crippen LogP contribution >= 0.6 is 22.6 Å². The Hall–Kier alpha value is -1.81. The Balaban J connectivity index is 1.69. The fourth-order valence-electron chi connectivity index (χ4n) is 2.15. The van der Waals surface area contributed by atoms with Gasteiger partial charge in [0.25, 0.3) is 0 Å². The third kappa shape index (κ3) is 3.64. The maximum atomic E-state index is 5.86. The summed E-state index contributed by atoms with van der Waals surface area (Å²) in [6.07, 6.45) is 0. The molecule has 0 aliphatic heterocycles. The normalized spacial score (nSPS) is 10.3. The minimum Gasteiger partial charge on any atom is -0.488 e. The largest absolute Gasteiger partial charge is 0.488 e. The Morgan fingerprint density at radius 3 is 2.00 bits per heavy atom. The van der Waals surface area contributed by atoms with E-state index >= 15 is 0 Å². The molecule has 0 atom stereocenters. The van der Waals surface area contributed by atoms with Crippen LogP contribution in [0.4, 0.5) is 0 Å². The SMILES string of the molecule is Ic1ccccc1OCc1ccc(-c2ccccc2)cc1. The molecule has 104 valence electrons. The summed E-state index contributed by atoms with van der Waals surface area (Å²) in [4.78, 5) is 0. The Morgan fingerprint density at radius 1 is 0.667 bits per heavy atom. The van der Waals surface area contributed by atoms with E-state index in [1.54, 1.807) is 0 Å². The molecule has 0 aliphatic rings. The minimum absolute atomic E-state index is 0.592. The van der Waals surface area contributed by atoms with Gasteiger partial charge in [0.05, 0.1) is 3.57 Å². The molecule has 0 radical (unpaired) electrons. The highest BCUT2D eigenvalue weighted by Crippen LogP contribution is 2.22. The fraction of sp³-hybridized carbons (Fsp3) is 0.0526. The molecule has 0 aliphatic carbocycles. The van der Waals surface area contributed by atoms with Crippen molar-refractivity contribution in [3.8, 4) is 16.9 Å². The van der Waals surface area contributed by atoms with Gasteiger partial charge in [0, 0.05) is 0 Å². The van der Waals surface area contributed by atoms with Crippen molar-refractivity contribution >= 4 is 22.6 Å². The molecule has 3 rings (SSSR count). The first kappa shape index (κ1) is 14.1. The van der Waals surface area contributed by atoms with Crippen LogP contribution in [0.2, 0.25) is 0 Å². The van der Waals surface area contributed by atoms with Crippen LogP contribution in [-0.2, 0) is 6.61 Å². The van der Waals surface area contributed by atoms with Crippen molar-refractivity contribution in [2.75, 3.05) is 0 Å². The van der Waals surface area contributed by atoms with E-state index < -0.39 is 0 Å². The first-order valence-corrected chi connectivity index (χ1v) is 7.92. The van der Waals surface area contributed by atoms with Gasteiger partial charge in [-0.1, -0.05) is 66.7 Å². The van der Waals surface area contributed by atoms with Gasteiger partial charge in [0.15, 0.2) is 0 Å². The third-order valence-corrected chi connectivity index (χ3v) is 4.18. The molecule has 0 heterocycles. The van der Waals surface area contributed by atoms with Gasteiger partial charge in [-0.3, -0.25) is 0 Å². The van der Waals surface area contributed by atoms with Crippen LogP contribution in [0, 0.1) is 3.57 Å². The zero-order valence-corrected chi connectivity index (χ0v) is 13.7. The monoisotopic (exact) mass is 386 g/mol. The van der Waals surface area contributed by atoms with Gasteiger partial charge in [0.2, 0.25) is 0 Å². The van der Waals surface area contributed by atoms with Crippen LogP contribution in [0.1, 0.15) is 5.56 Å². The molecule has 0 spiro atoms. The summed E-state index contributed by atoms with van der Waals surface area (Å²) in [6, 6.07) is 27.0. The zero-order valence-electron chi connectivity index (χ0n) is 11.5. The number of ether oxygens (including phenoxy) is 1. The van der Waals surface area contributed by atoms with Crippen LogP contribution in [0.15, 0.2) is 78.9 Å². The smallest absolute Gasteiger partial charge is 0.133 e. The fourth-order valence-corrected chi connectivity index (χ4v) is 2.69. The van der Waals surface area contributed by atoms with Crippen molar-refractivity contribution in [2.45, 2.75) is 6.61 Å². The van der Waals surface area contributed by atoms with E-state index in [9.17, 15) is 0 Å². The number of rotatable bonds is 4. The first-order valence-electron chi connectivity index (χ1n) is 6.84. The molecule has 0 amide bonds. The quantitative estimate of drug-likeness (QED) is 0.536. The standard InChI is InChI=1S/C19H15IO/c20-18-8-4-5-9-19(18)21-14-15-10-12-17(13-11-15)16-6-2-1-3-7-16/h1-13H,14H2. The number of benzene rings is 3. The van der Waals surface area contributed by atoms with Crippen molar-refractivity contribution in [1.82, 2.24) is 0 Å². The molecule has 1 nitrogen and oxygen atoms in total. The average Bonchev–Trinajstić information content (AvgIpc) is 2.55. The summed E-state index contributed by atoms with van der Waals surface area (Å²) in [5, 5.41) is 0. The maximum Gasteiger partial charge on any atom is 0.133 e. The van der Waals surface area contributed by atoms with E-state index in [2.05, 4.69) is 71.1 Å². The molecule has 0 aromatic heterocycles. The van der Waals surface area contributed by atoms with Gasteiger partial charge in [-0.15, -0.1) is 0 Å². The summed E-state index contributed by atoms with van der Waals surface area (Å²) < 4.78 is 7.00. The molecule has 3 aromatic rings. The van der Waals surface area contributed by atoms with Crippen molar-refractivity contribution < 1.29 is 4.74 Å². The Labute approximate surface area is 138 Å². The highest BCUT2D eigenvalue weighted by molar-refractivity contribution is 14.1. The van der Waals surface area contributed by atoms with E-state index in [4.69, 9.17) is 4.74 Å². The lowest BCUT2D eigenvalue weighted by atomic mass is 10.0. The van der Waals surface area contributed by atoms with Gasteiger partial charge in [-0.05, 0) is 51.4 Å². The van der Waals surface area contributed by atoms with Crippen LogP contribution in [0.5, 0.6) is 5.75 Å². The van der Waals surface area contributed by atoms with Gasteiger partial charge < -0.3 is 4.74 Å². The molecule has 0 fully saturated rings. The molecule has 0 unspecified atom stereocenters. The molecule has 2 heteroatoms. The van der Waals surface area contributed by atoms with Crippen molar-refractivity contribution in [3.63, 3.8) is 0 Å². The van der Waals surface area contributed by atoms with Gasteiger partial charge in [-0.2, -0.15) is 0 Å². The molecule has 0 bridgehead atoms. The third-order valence-electron chi connectivity index (χ3n) is 3.29. The molecule has 0 N–H and O–H groups in total. The summed E-state index contributed by atoms with van der Waals surface area (Å²) in [5.41, 5.74) is 3.64. The highest BCUT2D eigenvalue weighted by Gasteiger charge is 2.01. The van der Waals surface area contributed by atoms with E-state index in [1.165, 1.54) is 16.7 Å². The lowest BCUT2D eigenvalue weighted by Gasteiger charge is -2.09. The molecule has 0 saturated heterocycles. The van der Waals surface area contributed by atoms with E-state index in [1.807, 2.05) is 30.3 Å². The number of halogens is 1. The summed E-state index contributed by atoms with van der Waals surface area (Å²) in [7, 11) is 0. The van der Waals surface area contributed by atoms with E-state index in [0.29, 0.717) is 6.61 Å². The Morgan fingerprint density at radius 2 is 1.29 bits per heavy atom. The molecular formula is C19H15IO. The van der Waals surface area contributed by atoms with E-state index in [0.717, 1.165) is 9.32 Å². The van der Waals surface area contributed by atoms with Crippen LogP contribution in [0.3, 0.4) is 0 Å². The van der Waals surface area contributed by atoms with Crippen LogP contribution in [0.25, 0.3) is 11.1 Å².